The summed E-state index contributed by atoms with van der Waals surface area (Å²) in [6.45, 7) is 6.03. The minimum Gasteiger partial charge on any atom is -0.500 e. The molecule has 0 aliphatic heterocycles. The molecule has 27 heavy (non-hydrogen) atoms. The fraction of sp³-hybridized carbons (Fsp3) is 0.174. The van der Waals surface area contributed by atoms with E-state index in [2.05, 4.69) is 47.5 Å². The summed E-state index contributed by atoms with van der Waals surface area (Å²) in [7, 11) is 1.68. The molecular formula is C23H21ClN2O. The molecule has 0 radical (unpaired) electrons. The third-order valence-electron chi connectivity index (χ3n) is 4.47. The van der Waals surface area contributed by atoms with E-state index in [9.17, 15) is 0 Å². The molecule has 0 saturated carbocycles. The summed E-state index contributed by atoms with van der Waals surface area (Å²) < 4.78 is 5.46. The first-order valence-electron chi connectivity index (χ1n) is 8.67. The van der Waals surface area contributed by atoms with E-state index in [1.165, 1.54) is 5.57 Å². The van der Waals surface area contributed by atoms with Crippen LogP contribution in [0, 0.1) is 18.8 Å². The Balaban J connectivity index is 2.04. The number of aryl methyl sites for hydroxylation is 1. The molecule has 0 amide bonds. The summed E-state index contributed by atoms with van der Waals surface area (Å²) in [5, 5.41) is 0.473. The molecule has 0 spiro atoms. The number of hydrogen-bond donors (Lipinski definition) is 1. The highest BCUT2D eigenvalue weighted by molar-refractivity contribution is 6.29. The number of halogens is 1. The number of allylic oxidation sites excluding steroid dienone is 5. The highest BCUT2D eigenvalue weighted by Gasteiger charge is 2.14. The molecule has 136 valence electrons. The van der Waals surface area contributed by atoms with Crippen molar-refractivity contribution in [3.05, 3.63) is 82.6 Å². The predicted octanol–water partition coefficient (Wildman–Crippen LogP) is 5.81. The number of H-pyrrole nitrogens is 1. The van der Waals surface area contributed by atoms with Gasteiger partial charge in [-0.15, -0.1) is 0 Å². The van der Waals surface area contributed by atoms with E-state index < -0.39 is 0 Å². The van der Waals surface area contributed by atoms with Gasteiger partial charge in [0.25, 0.3) is 0 Å². The maximum Gasteiger partial charge on any atom is 0.129 e. The second-order valence-corrected chi connectivity index (χ2v) is 6.55. The molecule has 0 fully saturated rings. The lowest BCUT2D eigenvalue weighted by atomic mass is 9.95. The third-order valence-corrected chi connectivity index (χ3v) is 4.69. The van der Waals surface area contributed by atoms with Crippen molar-refractivity contribution >= 4 is 28.8 Å². The van der Waals surface area contributed by atoms with Crippen molar-refractivity contribution < 1.29 is 4.74 Å². The predicted molar refractivity (Wildman–Crippen MR) is 113 cm³/mol. The van der Waals surface area contributed by atoms with Gasteiger partial charge in [0.2, 0.25) is 0 Å². The van der Waals surface area contributed by atoms with Gasteiger partial charge in [-0.05, 0) is 36.3 Å². The van der Waals surface area contributed by atoms with Gasteiger partial charge in [-0.25, -0.2) is 4.98 Å². The number of pyridine rings is 1. The molecule has 1 aliphatic rings. The fourth-order valence-corrected chi connectivity index (χ4v) is 3.08. The highest BCUT2D eigenvalue weighted by atomic mass is 35.5. The Morgan fingerprint density at radius 1 is 1.41 bits per heavy atom. The molecule has 0 unspecified atom stereocenters. The van der Waals surface area contributed by atoms with E-state index in [1.54, 1.807) is 19.4 Å². The van der Waals surface area contributed by atoms with Gasteiger partial charge in [-0.3, -0.25) is 0 Å². The number of aromatic nitrogens is 2. The molecule has 3 nitrogen and oxygen atoms in total. The van der Waals surface area contributed by atoms with Gasteiger partial charge in [-0.1, -0.05) is 42.2 Å². The Morgan fingerprint density at radius 2 is 2.26 bits per heavy atom. The first kappa shape index (κ1) is 18.8. The second kappa shape index (κ2) is 8.62. The van der Waals surface area contributed by atoms with E-state index in [1.807, 2.05) is 24.4 Å². The fourth-order valence-electron chi connectivity index (χ4n) is 2.96. The van der Waals surface area contributed by atoms with Crippen molar-refractivity contribution in [1.29, 1.82) is 0 Å². The number of hydrogen-bond acceptors (Lipinski definition) is 2. The van der Waals surface area contributed by atoms with Crippen LogP contribution in [0.25, 0.3) is 17.2 Å². The minimum absolute atomic E-state index is 0.473. The van der Waals surface area contributed by atoms with Crippen LogP contribution in [0.2, 0.25) is 5.15 Å². The third kappa shape index (κ3) is 4.42. The van der Waals surface area contributed by atoms with Gasteiger partial charge in [-0.2, -0.15) is 0 Å². The van der Waals surface area contributed by atoms with Crippen LogP contribution in [0.5, 0.6) is 0 Å². The Hall–Kier alpha value is -2.96. The maximum absolute atomic E-state index is 5.91. The monoisotopic (exact) mass is 376 g/mol. The molecule has 1 N–H and O–H groups in total. The maximum atomic E-state index is 5.91. The summed E-state index contributed by atoms with van der Waals surface area (Å²) in [5.41, 5.74) is 6.48. The molecule has 2 heterocycles. The average Bonchev–Trinajstić information content (AvgIpc) is 3.01. The van der Waals surface area contributed by atoms with Crippen molar-refractivity contribution in [3.63, 3.8) is 0 Å². The zero-order valence-electron chi connectivity index (χ0n) is 15.5. The lowest BCUT2D eigenvalue weighted by molar-refractivity contribution is 0.286. The molecule has 0 atom stereocenters. The zero-order chi connectivity index (χ0) is 19.2. The van der Waals surface area contributed by atoms with Gasteiger partial charge in [0.1, 0.15) is 10.9 Å². The zero-order valence-corrected chi connectivity index (χ0v) is 16.2. The van der Waals surface area contributed by atoms with Crippen LogP contribution in [-0.4, -0.2) is 17.1 Å². The molecule has 1 aliphatic carbocycles. The van der Waals surface area contributed by atoms with Crippen molar-refractivity contribution in [1.82, 2.24) is 9.97 Å². The first-order valence-corrected chi connectivity index (χ1v) is 9.05. The number of nitrogens with zero attached hydrogens (tertiary/aromatic N) is 1. The van der Waals surface area contributed by atoms with Crippen molar-refractivity contribution in [2.24, 2.45) is 0 Å². The number of methoxy groups -OCH3 is 1. The lowest BCUT2D eigenvalue weighted by Crippen LogP contribution is -1.94. The van der Waals surface area contributed by atoms with Gasteiger partial charge in [0, 0.05) is 53.7 Å². The van der Waals surface area contributed by atoms with Crippen molar-refractivity contribution in [2.75, 3.05) is 7.11 Å². The smallest absolute Gasteiger partial charge is 0.129 e. The molecule has 2 aromatic heterocycles. The van der Waals surface area contributed by atoms with Crippen LogP contribution >= 0.6 is 11.6 Å². The quantitative estimate of drug-likeness (QED) is 0.406. The number of rotatable bonds is 5. The minimum atomic E-state index is 0.473. The second-order valence-electron chi connectivity index (χ2n) is 6.16. The van der Waals surface area contributed by atoms with Gasteiger partial charge >= 0.3 is 0 Å². The molecular weight excluding hydrogens is 356 g/mol. The normalized spacial score (nSPS) is 18.1. The Labute approximate surface area is 165 Å². The number of nitrogens with one attached hydrogen (secondary N) is 1. The Bertz CT molecular complexity index is 995. The van der Waals surface area contributed by atoms with Crippen LogP contribution in [0.1, 0.15) is 35.2 Å². The van der Waals surface area contributed by atoms with Crippen molar-refractivity contribution in [3.8, 4) is 11.8 Å². The van der Waals surface area contributed by atoms with Gasteiger partial charge in [0.15, 0.2) is 0 Å². The Kier molecular flexibility index (Phi) is 6.01. The summed E-state index contributed by atoms with van der Waals surface area (Å²) in [6.07, 6.45) is 13.2. The number of aromatic amines is 1. The lowest BCUT2D eigenvalue weighted by Gasteiger charge is -2.12. The topological polar surface area (TPSA) is 37.9 Å². The first-order chi connectivity index (χ1) is 13.1. The van der Waals surface area contributed by atoms with E-state index in [-0.39, 0.29) is 0 Å². The SMILES string of the molecule is C=C/C(=C\c1c(/C2=C/CC#C/C=C(/OC)C2)c[nH]c1C)c1ccc(Cl)nc1. The van der Waals surface area contributed by atoms with Gasteiger partial charge in [0.05, 0.1) is 7.11 Å². The van der Waals surface area contributed by atoms with Crippen LogP contribution in [0.3, 0.4) is 0 Å². The highest BCUT2D eigenvalue weighted by Crippen LogP contribution is 2.31. The van der Waals surface area contributed by atoms with E-state index in [0.717, 1.165) is 33.7 Å². The molecule has 0 aromatic carbocycles. The Morgan fingerprint density at radius 3 is 2.96 bits per heavy atom. The average molecular weight is 377 g/mol. The van der Waals surface area contributed by atoms with Gasteiger partial charge < -0.3 is 9.72 Å². The summed E-state index contributed by atoms with van der Waals surface area (Å²) >= 11 is 5.91. The van der Waals surface area contributed by atoms with E-state index in [0.29, 0.717) is 18.0 Å². The molecule has 3 rings (SSSR count). The molecule has 2 aromatic rings. The summed E-state index contributed by atoms with van der Waals surface area (Å²) in [5.74, 6) is 6.99. The molecule has 0 saturated heterocycles. The standard InChI is InChI=1S/C23H21ClN2O/c1-4-17(19-10-11-23(24)26-14-19)13-21-16(2)25-15-22(21)18-8-6-5-7-9-20(12-18)27-3/h4,8-11,13-15,25H,1,6,12H2,2-3H3/b17-13+,18-8+,20-9+. The van der Waals surface area contributed by atoms with E-state index in [4.69, 9.17) is 16.3 Å². The number of ether oxygens (including phenoxy) is 1. The van der Waals surface area contributed by atoms with Crippen LogP contribution < -0.4 is 0 Å². The van der Waals surface area contributed by atoms with Crippen LogP contribution in [0.15, 0.2) is 55.1 Å². The van der Waals surface area contributed by atoms with E-state index >= 15 is 0 Å². The molecule has 0 bridgehead atoms. The van der Waals surface area contributed by atoms with Crippen LogP contribution in [-0.2, 0) is 4.74 Å². The van der Waals surface area contributed by atoms with Crippen LogP contribution in [0.4, 0.5) is 0 Å². The summed E-state index contributed by atoms with van der Waals surface area (Å²) in [4.78, 5) is 7.51. The summed E-state index contributed by atoms with van der Waals surface area (Å²) in [6, 6.07) is 3.73. The molecule has 4 heteroatoms. The largest absolute Gasteiger partial charge is 0.500 e. The van der Waals surface area contributed by atoms with Crippen molar-refractivity contribution in [2.45, 2.75) is 19.8 Å².